The highest BCUT2D eigenvalue weighted by Gasteiger charge is 2.59. The average molecular weight is 1460 g/mol. The Hall–Kier alpha value is -9.59. The lowest BCUT2D eigenvalue weighted by Gasteiger charge is -2.57. The van der Waals surface area contributed by atoms with E-state index in [9.17, 15) is 0 Å². The Morgan fingerprint density at radius 2 is 0.518 bits per heavy atom. The quantitative estimate of drug-likeness (QED) is 0.148. The van der Waals surface area contributed by atoms with E-state index in [1.165, 1.54) is 283 Å². The maximum Gasteiger partial charge on any atom is 0.256 e. The van der Waals surface area contributed by atoms with Crippen molar-refractivity contribution in [2.75, 3.05) is 19.6 Å². The number of nitrogens with zero attached hydrogens (tertiary/aromatic N) is 4. The molecule has 6 heterocycles. The van der Waals surface area contributed by atoms with E-state index in [1.807, 2.05) is 0 Å². The van der Waals surface area contributed by atoms with Crippen molar-refractivity contribution in [3.8, 4) is 23.0 Å². The van der Waals surface area contributed by atoms with Crippen LogP contribution in [0.15, 0.2) is 188 Å². The maximum atomic E-state index is 7.62. The first kappa shape index (κ1) is 64.9. The summed E-state index contributed by atoms with van der Waals surface area (Å²) in [5.41, 5.74) is 41.4. The van der Waals surface area contributed by atoms with Crippen LogP contribution in [0.2, 0.25) is 0 Å². The second-order valence-corrected chi connectivity index (χ2v) is 39.7. The highest BCUT2D eigenvalue weighted by atomic mass is 16.5. The Balaban J connectivity index is 0.796. The average Bonchev–Trinajstić information content (AvgIpc) is 0.676. The van der Waals surface area contributed by atoms with Crippen LogP contribution in [-0.2, 0) is 16.2 Å². The smallest absolute Gasteiger partial charge is 0.256 e. The molecule has 29 rings (SSSR count). The van der Waals surface area contributed by atoms with Gasteiger partial charge in [-0.3, -0.25) is 0 Å². The lowest BCUT2D eigenvalue weighted by molar-refractivity contribution is -0.00534. The molecule has 6 nitrogen and oxygen atoms in total. The van der Waals surface area contributed by atoms with Gasteiger partial charge in [-0.05, 0) is 405 Å². The molecule has 11 aromatic carbocycles. The molecule has 112 heavy (non-hydrogen) atoms. The summed E-state index contributed by atoms with van der Waals surface area (Å²) in [6, 6.07) is 76.5. The number of fused-ring (bicyclic) bond motifs is 12. The minimum Gasteiger partial charge on any atom is -0.458 e. The summed E-state index contributed by atoms with van der Waals surface area (Å²) >= 11 is 0. The van der Waals surface area contributed by atoms with Gasteiger partial charge in [0.15, 0.2) is 0 Å². The number of benzene rings is 11. The monoisotopic (exact) mass is 1450 g/mol. The lowest BCUT2D eigenvalue weighted by Crippen LogP contribution is -2.66. The molecule has 0 atom stereocenters. The van der Waals surface area contributed by atoms with Crippen LogP contribution >= 0.6 is 0 Å². The van der Waals surface area contributed by atoms with E-state index in [0.717, 1.165) is 76.3 Å². The zero-order chi connectivity index (χ0) is 74.0. The Morgan fingerprint density at radius 3 is 0.866 bits per heavy atom. The van der Waals surface area contributed by atoms with E-state index in [-0.39, 0.29) is 36.4 Å². The van der Waals surface area contributed by atoms with Crippen LogP contribution in [0.4, 0.5) is 68.2 Å². The van der Waals surface area contributed by atoms with E-state index >= 15 is 0 Å². The summed E-state index contributed by atoms with van der Waals surface area (Å²) in [6.45, 7) is 16.3. The molecule has 0 unspecified atom stereocenters. The van der Waals surface area contributed by atoms with E-state index in [1.54, 1.807) is 5.56 Å². The van der Waals surface area contributed by atoms with Gasteiger partial charge in [0.2, 0.25) is 0 Å². The van der Waals surface area contributed by atoms with Crippen LogP contribution in [0.3, 0.4) is 0 Å². The molecule has 9 heteroatoms. The molecule has 12 fully saturated rings. The summed E-state index contributed by atoms with van der Waals surface area (Å²) in [5.74, 6) is 11.2. The minimum absolute atomic E-state index is 0.0722. The summed E-state index contributed by atoms with van der Waals surface area (Å²) in [6.07, 6.45) is 24.2. The molecule has 12 saturated carbocycles. The molecule has 18 aliphatic rings. The minimum atomic E-state index is -0.192. The summed E-state index contributed by atoms with van der Waals surface area (Å²) in [5, 5.41) is 0. The largest absolute Gasteiger partial charge is 0.458 e. The van der Waals surface area contributed by atoms with Gasteiger partial charge in [0, 0.05) is 51.2 Å². The molecule has 12 bridgehead atoms. The summed E-state index contributed by atoms with van der Waals surface area (Å²) < 4.78 is 15.2. The van der Waals surface area contributed by atoms with Gasteiger partial charge in [0.1, 0.15) is 23.0 Å². The lowest BCUT2D eigenvalue weighted by atomic mass is 9.29. The topological polar surface area (TPSA) is 31.4 Å². The zero-order valence-corrected chi connectivity index (χ0v) is 66.2. The van der Waals surface area contributed by atoms with Crippen molar-refractivity contribution in [2.24, 2.45) is 53.3 Å². The van der Waals surface area contributed by atoms with Crippen molar-refractivity contribution in [2.45, 2.75) is 180 Å². The fourth-order valence-corrected chi connectivity index (χ4v) is 30.0. The van der Waals surface area contributed by atoms with Gasteiger partial charge < -0.3 is 29.1 Å². The predicted octanol–water partition coefficient (Wildman–Crippen LogP) is 20.1. The fourth-order valence-electron chi connectivity index (χ4n) is 30.0. The van der Waals surface area contributed by atoms with Gasteiger partial charge in [0.05, 0.1) is 17.1 Å². The van der Waals surface area contributed by atoms with Crippen LogP contribution in [0.5, 0.6) is 23.0 Å². The maximum absolute atomic E-state index is 7.62. The normalized spacial score (nSPS) is 28.2. The molecular weight excluding hydrogens is 1360 g/mol. The van der Waals surface area contributed by atoms with Crippen molar-refractivity contribution in [1.29, 1.82) is 0 Å². The van der Waals surface area contributed by atoms with Gasteiger partial charge in [-0.1, -0.05) is 121 Å². The number of aryl methyl sites for hydroxylation is 7. The second-order valence-electron chi connectivity index (χ2n) is 39.7. The van der Waals surface area contributed by atoms with Gasteiger partial charge >= 0.3 is 0 Å². The Kier molecular flexibility index (Phi) is 13.1. The molecule has 6 aliphatic heterocycles. The molecule has 12 aliphatic carbocycles. The van der Waals surface area contributed by atoms with Crippen molar-refractivity contribution < 1.29 is 9.47 Å². The zero-order valence-electron chi connectivity index (χ0n) is 66.2. The highest BCUT2D eigenvalue weighted by Crippen LogP contribution is 2.66. The van der Waals surface area contributed by atoms with Crippen molar-refractivity contribution in [1.82, 2.24) is 0 Å². The fraction of sp³-hybridized carbons (Fsp3) is 0.359. The SMILES string of the molecule is Cc1ccccc1N1c2cc3c(cc2B2c4cc5c(cc4N(c4c(C)cccc4C)c4cc(C67CC8CC(CC(C8)C6)C7)cc1c42)N(c1c(C)cccc1C)c1cc(C24CC6CC(CC(C6)C2)C4)cc2c1B5c1ccccc1O2)B1c2ccccc2Oc2cc(C45CC6CC(CC(C6)C4)C5)cc(c21)N3c1c(C)cccc1C. The summed E-state index contributed by atoms with van der Waals surface area (Å²) in [7, 11) is 0. The van der Waals surface area contributed by atoms with Crippen LogP contribution in [0.1, 0.15) is 171 Å². The third-order valence-corrected chi connectivity index (χ3v) is 33.0. The third kappa shape index (κ3) is 8.77. The molecule has 0 aromatic heterocycles. The van der Waals surface area contributed by atoms with Gasteiger partial charge in [-0.15, -0.1) is 0 Å². The second kappa shape index (κ2) is 22.7. The van der Waals surface area contributed by atoms with Gasteiger partial charge in [0.25, 0.3) is 20.1 Å². The van der Waals surface area contributed by atoms with E-state index in [2.05, 4.69) is 256 Å². The van der Waals surface area contributed by atoms with Crippen molar-refractivity contribution >= 4 is 138 Å². The van der Waals surface area contributed by atoms with Crippen LogP contribution in [0.25, 0.3) is 0 Å². The molecular formula is C103H97B3N4O2. The van der Waals surface area contributed by atoms with E-state index < -0.39 is 0 Å². The first-order valence-corrected chi connectivity index (χ1v) is 43.5. The Labute approximate surface area is 662 Å². The number of hydrogen-bond donors (Lipinski definition) is 0. The van der Waals surface area contributed by atoms with Gasteiger partial charge in [-0.2, -0.15) is 0 Å². The van der Waals surface area contributed by atoms with Crippen molar-refractivity contribution in [3.63, 3.8) is 0 Å². The number of hydrogen-bond acceptors (Lipinski definition) is 6. The molecule has 0 radical (unpaired) electrons. The molecule has 0 spiro atoms. The molecule has 0 amide bonds. The first-order valence-electron chi connectivity index (χ1n) is 43.5. The van der Waals surface area contributed by atoms with Crippen LogP contribution in [-0.4, -0.2) is 20.1 Å². The highest BCUT2D eigenvalue weighted by molar-refractivity contribution is 7.04. The summed E-state index contributed by atoms with van der Waals surface area (Å²) in [4.78, 5) is 11.3. The standard InChI is InChI=1S/C103H97B3N4O2/c1-57-17-8-11-26-82(57)107-83-46-84-79(104-76-24-9-12-27-91(76)111-93-42-74(102-51-67-32-68(52-102)34-69(33-67)53-102)40-89(96(93)104)109(84)99-60(4)20-15-21-61(99)5)44-78(83)106-81-45-80-85(47-86(81)108(98-58(2)18-14-19-59(98)3)88-39-73(38-87(107)95(88)106)101-48-64-29-65(49-101)31-66(30-64)50-101)110(100-62(6)22-16-23-63(100)7)90-41-75(103-54-70-35-71(55-103)37-72(36-70)56-103)43-94-97(90)105(80)77-25-10-13-28-92(77)112-94/h8-28,38-47,64-72H,29-37,48-56H2,1-7H3. The van der Waals surface area contributed by atoms with Crippen LogP contribution < -0.4 is 78.2 Å². The number of rotatable bonds is 7. The Bertz CT molecular complexity index is 5880. The number of para-hydroxylation sites is 6. The van der Waals surface area contributed by atoms with Gasteiger partial charge in [-0.25, -0.2) is 0 Å². The molecule has 0 N–H and O–H groups in total. The predicted molar refractivity (Wildman–Crippen MR) is 465 cm³/mol. The van der Waals surface area contributed by atoms with E-state index in [4.69, 9.17) is 9.47 Å². The number of anilines is 12. The molecule has 0 saturated heterocycles. The first-order chi connectivity index (χ1) is 54.6. The molecule has 11 aromatic rings. The number of ether oxygens (including phenoxy) is 2. The van der Waals surface area contributed by atoms with Crippen LogP contribution in [0, 0.1) is 102 Å². The third-order valence-electron chi connectivity index (χ3n) is 33.0. The van der Waals surface area contributed by atoms with Crippen molar-refractivity contribution in [3.05, 3.63) is 244 Å². The molecule has 550 valence electrons. The van der Waals surface area contributed by atoms with E-state index in [0.29, 0.717) is 0 Å². The Morgan fingerprint density at radius 1 is 0.241 bits per heavy atom.